The summed E-state index contributed by atoms with van der Waals surface area (Å²) in [6.45, 7) is 1.06. The molecule has 4 rings (SSSR count). The van der Waals surface area contributed by atoms with Gasteiger partial charge in [-0.2, -0.15) is 13.2 Å². The SMILES string of the molecule is Cc1cc(C(=O)CN2C(=O)NC(c3ccccc3)(c3ccccc3)C2=O)c(C)n1CC(F)(F)F. The molecule has 3 amide bonds. The van der Waals surface area contributed by atoms with Crippen LogP contribution >= 0.6 is 0 Å². The molecular formula is C25H22F3N3O3. The second-order valence-corrected chi connectivity index (χ2v) is 8.21. The zero-order chi connectivity index (χ0) is 24.7. The van der Waals surface area contributed by atoms with Crippen molar-refractivity contribution in [1.82, 2.24) is 14.8 Å². The van der Waals surface area contributed by atoms with Crippen LogP contribution in [-0.2, 0) is 16.9 Å². The molecule has 1 aromatic heterocycles. The first-order valence-electron chi connectivity index (χ1n) is 10.6. The maximum atomic E-state index is 13.7. The van der Waals surface area contributed by atoms with Crippen LogP contribution in [0.5, 0.6) is 0 Å². The first kappa shape index (κ1) is 23.3. The van der Waals surface area contributed by atoms with Crippen LogP contribution in [0.4, 0.5) is 18.0 Å². The van der Waals surface area contributed by atoms with Gasteiger partial charge in [0.2, 0.25) is 0 Å². The van der Waals surface area contributed by atoms with Crippen molar-refractivity contribution in [3.63, 3.8) is 0 Å². The Kier molecular flexibility index (Phi) is 5.80. The van der Waals surface area contributed by atoms with Gasteiger partial charge in [0.05, 0.1) is 6.54 Å². The van der Waals surface area contributed by atoms with Crippen molar-refractivity contribution in [2.45, 2.75) is 32.1 Å². The van der Waals surface area contributed by atoms with Crippen molar-refractivity contribution < 1.29 is 27.6 Å². The lowest BCUT2D eigenvalue weighted by Crippen LogP contribution is -2.45. The average Bonchev–Trinajstić information content (AvgIpc) is 3.22. The van der Waals surface area contributed by atoms with Crippen LogP contribution in [0.25, 0.3) is 0 Å². The van der Waals surface area contributed by atoms with E-state index in [1.807, 2.05) is 0 Å². The molecule has 2 aromatic carbocycles. The number of aromatic nitrogens is 1. The number of benzene rings is 2. The minimum atomic E-state index is -4.45. The van der Waals surface area contributed by atoms with Crippen LogP contribution in [0.15, 0.2) is 66.7 Å². The molecule has 1 saturated heterocycles. The summed E-state index contributed by atoms with van der Waals surface area (Å²) in [6, 6.07) is 17.9. The fraction of sp³-hybridized carbons (Fsp3) is 0.240. The molecule has 0 bridgehead atoms. The molecular weight excluding hydrogens is 447 g/mol. The molecule has 3 aromatic rings. The van der Waals surface area contributed by atoms with Crippen LogP contribution in [0, 0.1) is 13.8 Å². The highest BCUT2D eigenvalue weighted by atomic mass is 19.4. The van der Waals surface area contributed by atoms with Gasteiger partial charge in [-0.3, -0.25) is 14.5 Å². The van der Waals surface area contributed by atoms with E-state index in [1.54, 1.807) is 60.7 Å². The summed E-state index contributed by atoms with van der Waals surface area (Å²) in [5.74, 6) is -1.26. The first-order valence-corrected chi connectivity index (χ1v) is 10.6. The number of urea groups is 1. The summed E-state index contributed by atoms with van der Waals surface area (Å²) in [6.07, 6.45) is -4.45. The van der Waals surface area contributed by atoms with E-state index >= 15 is 0 Å². The van der Waals surface area contributed by atoms with Crippen LogP contribution < -0.4 is 5.32 Å². The third-order valence-electron chi connectivity index (χ3n) is 6.03. The van der Waals surface area contributed by atoms with E-state index in [-0.39, 0.29) is 17.0 Å². The van der Waals surface area contributed by atoms with Crippen LogP contribution in [0.2, 0.25) is 0 Å². The summed E-state index contributed by atoms with van der Waals surface area (Å²) < 4.78 is 39.8. The van der Waals surface area contributed by atoms with Gasteiger partial charge in [-0.15, -0.1) is 0 Å². The number of hydrogen-bond donors (Lipinski definition) is 1. The third-order valence-corrected chi connectivity index (χ3v) is 6.03. The zero-order valence-electron chi connectivity index (χ0n) is 18.5. The number of amides is 3. The number of halogens is 3. The maximum absolute atomic E-state index is 13.7. The van der Waals surface area contributed by atoms with Crippen molar-refractivity contribution in [2.75, 3.05) is 6.54 Å². The molecule has 176 valence electrons. The van der Waals surface area contributed by atoms with Crippen LogP contribution in [-0.4, -0.2) is 39.9 Å². The van der Waals surface area contributed by atoms with E-state index < -0.39 is 42.5 Å². The quantitative estimate of drug-likeness (QED) is 0.431. The molecule has 0 atom stereocenters. The minimum Gasteiger partial charge on any atom is -0.339 e. The molecule has 0 unspecified atom stereocenters. The van der Waals surface area contributed by atoms with E-state index in [0.717, 1.165) is 9.47 Å². The molecule has 0 aliphatic carbocycles. The number of Topliss-reactive ketones (excluding diaryl/α,β-unsaturated/α-hetero) is 1. The Morgan fingerprint density at radius 2 is 1.47 bits per heavy atom. The molecule has 9 heteroatoms. The number of rotatable bonds is 6. The number of alkyl halides is 3. The Balaban J connectivity index is 1.68. The van der Waals surface area contributed by atoms with Crippen molar-refractivity contribution in [2.24, 2.45) is 0 Å². The molecule has 2 heterocycles. The van der Waals surface area contributed by atoms with E-state index in [1.165, 1.54) is 19.9 Å². The molecule has 0 radical (unpaired) electrons. The molecule has 1 fully saturated rings. The fourth-order valence-electron chi connectivity index (χ4n) is 4.39. The summed E-state index contributed by atoms with van der Waals surface area (Å²) in [4.78, 5) is 40.5. The van der Waals surface area contributed by atoms with Gasteiger partial charge in [-0.05, 0) is 31.0 Å². The summed E-state index contributed by atoms with van der Waals surface area (Å²) in [5, 5.41) is 2.75. The van der Waals surface area contributed by atoms with E-state index in [0.29, 0.717) is 11.1 Å². The van der Waals surface area contributed by atoms with Crippen molar-refractivity contribution in [1.29, 1.82) is 0 Å². The van der Waals surface area contributed by atoms with Gasteiger partial charge in [-0.25, -0.2) is 4.79 Å². The number of nitrogens with one attached hydrogen (secondary N) is 1. The number of ketones is 1. The normalized spacial score (nSPS) is 15.5. The Labute approximate surface area is 194 Å². The standard InChI is InChI=1S/C25H22F3N3O3/c1-16-13-20(17(2)31(16)15-24(26,27)28)21(32)14-30-22(33)25(29-23(30)34,18-9-5-3-6-10-18)19-11-7-4-8-12-19/h3-13H,14-15H2,1-2H3,(H,29,34). The fourth-order valence-corrected chi connectivity index (χ4v) is 4.39. The van der Waals surface area contributed by atoms with E-state index in [4.69, 9.17) is 0 Å². The van der Waals surface area contributed by atoms with Crippen molar-refractivity contribution in [3.8, 4) is 0 Å². The van der Waals surface area contributed by atoms with Crippen molar-refractivity contribution >= 4 is 17.7 Å². The Hall–Kier alpha value is -3.88. The Bertz CT molecular complexity index is 1210. The summed E-state index contributed by atoms with van der Waals surface area (Å²) in [5.41, 5.74) is -0.0369. The average molecular weight is 469 g/mol. The Morgan fingerprint density at radius 3 is 1.97 bits per heavy atom. The number of carbonyl (C=O) groups excluding carboxylic acids is 3. The highest BCUT2D eigenvalue weighted by molar-refractivity contribution is 6.13. The number of hydrogen-bond acceptors (Lipinski definition) is 3. The molecule has 0 spiro atoms. The topological polar surface area (TPSA) is 71.4 Å². The lowest BCUT2D eigenvalue weighted by Gasteiger charge is -2.28. The second kappa shape index (κ2) is 8.48. The molecule has 1 aliphatic rings. The van der Waals surface area contributed by atoms with Gasteiger partial charge in [0.25, 0.3) is 5.91 Å². The highest BCUT2D eigenvalue weighted by Gasteiger charge is 2.54. The smallest absolute Gasteiger partial charge is 0.339 e. The summed E-state index contributed by atoms with van der Waals surface area (Å²) >= 11 is 0. The second-order valence-electron chi connectivity index (χ2n) is 8.21. The predicted molar refractivity (Wildman–Crippen MR) is 118 cm³/mol. The third kappa shape index (κ3) is 3.98. The van der Waals surface area contributed by atoms with Gasteiger partial charge in [0, 0.05) is 17.0 Å². The monoisotopic (exact) mass is 469 g/mol. The lowest BCUT2D eigenvalue weighted by atomic mass is 9.82. The van der Waals surface area contributed by atoms with Gasteiger partial charge < -0.3 is 9.88 Å². The van der Waals surface area contributed by atoms with Crippen LogP contribution in [0.1, 0.15) is 32.9 Å². The molecule has 1 aliphatic heterocycles. The van der Waals surface area contributed by atoms with Crippen LogP contribution in [0.3, 0.4) is 0 Å². The number of nitrogens with zero attached hydrogens (tertiary/aromatic N) is 2. The molecule has 0 saturated carbocycles. The number of carbonyl (C=O) groups is 3. The summed E-state index contributed by atoms with van der Waals surface area (Å²) in [7, 11) is 0. The van der Waals surface area contributed by atoms with Gasteiger partial charge >= 0.3 is 12.2 Å². The van der Waals surface area contributed by atoms with Gasteiger partial charge in [-0.1, -0.05) is 60.7 Å². The molecule has 6 nitrogen and oxygen atoms in total. The largest absolute Gasteiger partial charge is 0.406 e. The molecule has 1 N–H and O–H groups in total. The van der Waals surface area contributed by atoms with Gasteiger partial charge in [0.15, 0.2) is 11.3 Å². The van der Waals surface area contributed by atoms with E-state index in [2.05, 4.69) is 5.32 Å². The van der Waals surface area contributed by atoms with Crippen molar-refractivity contribution in [3.05, 3.63) is 94.8 Å². The minimum absolute atomic E-state index is 0.0410. The predicted octanol–water partition coefficient (Wildman–Crippen LogP) is 4.35. The first-order chi connectivity index (χ1) is 16.0. The Morgan fingerprint density at radius 1 is 0.941 bits per heavy atom. The highest BCUT2D eigenvalue weighted by Crippen LogP contribution is 2.36. The lowest BCUT2D eigenvalue weighted by molar-refractivity contribution is -0.141. The maximum Gasteiger partial charge on any atom is 0.406 e. The number of imide groups is 1. The number of aryl methyl sites for hydroxylation is 1. The molecule has 34 heavy (non-hydrogen) atoms. The van der Waals surface area contributed by atoms with Gasteiger partial charge in [0.1, 0.15) is 6.54 Å². The van der Waals surface area contributed by atoms with E-state index in [9.17, 15) is 27.6 Å². The zero-order valence-corrected chi connectivity index (χ0v) is 18.5.